The Bertz CT molecular complexity index is 109. The molecule has 6 N–H and O–H groups in total. The Balaban J connectivity index is 3.53. The predicted octanol–water partition coefficient (Wildman–Crippen LogP) is -0.111. The highest BCUT2D eigenvalue weighted by Gasteiger charge is 2.06. The summed E-state index contributed by atoms with van der Waals surface area (Å²) in [6, 6.07) is 0. The van der Waals surface area contributed by atoms with Crippen molar-refractivity contribution in [2.75, 3.05) is 39.3 Å². The Labute approximate surface area is 94.2 Å². The summed E-state index contributed by atoms with van der Waals surface area (Å²) in [6.45, 7) is 7.63. The fourth-order valence-corrected chi connectivity index (χ4v) is 1.59. The number of hydrogen-bond donors (Lipinski definition) is 4. The van der Waals surface area contributed by atoms with E-state index in [1.165, 1.54) is 19.3 Å². The molecular formula is C11H28N4. The van der Waals surface area contributed by atoms with Crippen molar-refractivity contribution in [1.82, 2.24) is 10.6 Å². The normalized spacial score (nSPS) is 11.2. The van der Waals surface area contributed by atoms with Gasteiger partial charge >= 0.3 is 0 Å². The van der Waals surface area contributed by atoms with Crippen LogP contribution in [-0.4, -0.2) is 39.3 Å². The summed E-state index contributed by atoms with van der Waals surface area (Å²) in [5.41, 5.74) is 10.9. The lowest BCUT2D eigenvalue weighted by Gasteiger charge is -2.17. The highest BCUT2D eigenvalue weighted by Crippen LogP contribution is 2.06. The zero-order valence-electron chi connectivity index (χ0n) is 10.1. The summed E-state index contributed by atoms with van der Waals surface area (Å²) in [5, 5.41) is 6.75. The van der Waals surface area contributed by atoms with Crippen LogP contribution in [0, 0.1) is 5.92 Å². The van der Waals surface area contributed by atoms with Gasteiger partial charge in [0.05, 0.1) is 0 Å². The molecule has 0 spiro atoms. The van der Waals surface area contributed by atoms with Gasteiger partial charge in [0.25, 0.3) is 0 Å². The summed E-state index contributed by atoms with van der Waals surface area (Å²) < 4.78 is 0. The Morgan fingerprint density at radius 3 is 1.93 bits per heavy atom. The molecule has 0 radical (unpaired) electrons. The summed E-state index contributed by atoms with van der Waals surface area (Å²) in [4.78, 5) is 0. The zero-order chi connectivity index (χ0) is 11.4. The molecule has 0 aromatic rings. The highest BCUT2D eigenvalue weighted by atomic mass is 14.9. The van der Waals surface area contributed by atoms with Crippen LogP contribution >= 0.6 is 0 Å². The van der Waals surface area contributed by atoms with E-state index in [4.69, 9.17) is 11.5 Å². The van der Waals surface area contributed by atoms with Crippen molar-refractivity contribution in [3.8, 4) is 0 Å². The van der Waals surface area contributed by atoms with E-state index in [0.29, 0.717) is 5.92 Å². The predicted molar refractivity (Wildman–Crippen MR) is 66.9 cm³/mol. The van der Waals surface area contributed by atoms with Gasteiger partial charge in [-0.05, 0) is 25.4 Å². The van der Waals surface area contributed by atoms with Crippen LogP contribution in [0.3, 0.4) is 0 Å². The average molecular weight is 216 g/mol. The van der Waals surface area contributed by atoms with Crippen molar-refractivity contribution in [3.05, 3.63) is 0 Å². The summed E-state index contributed by atoms with van der Waals surface area (Å²) in [7, 11) is 0. The smallest absolute Gasteiger partial charge is 0.00746 e. The van der Waals surface area contributed by atoms with Gasteiger partial charge in [0.15, 0.2) is 0 Å². The SMILES string of the molecule is CCCCC(CNCCN)CNCCN. The van der Waals surface area contributed by atoms with Crippen LogP contribution in [0.4, 0.5) is 0 Å². The quantitative estimate of drug-likeness (QED) is 0.364. The molecule has 92 valence electrons. The molecule has 0 atom stereocenters. The standard InChI is InChI=1S/C11H28N4/c1-2-3-4-11(9-14-7-5-12)10-15-8-6-13/h11,14-15H,2-10,12-13H2,1H3. The zero-order valence-corrected chi connectivity index (χ0v) is 10.1. The van der Waals surface area contributed by atoms with Crippen LogP contribution in [0.1, 0.15) is 26.2 Å². The first-order chi connectivity index (χ1) is 7.35. The molecule has 0 unspecified atom stereocenters. The van der Waals surface area contributed by atoms with E-state index in [1.807, 2.05) is 0 Å². The third kappa shape index (κ3) is 10.1. The molecular weight excluding hydrogens is 188 g/mol. The number of rotatable bonds is 11. The van der Waals surface area contributed by atoms with Crippen molar-refractivity contribution in [3.63, 3.8) is 0 Å². The van der Waals surface area contributed by atoms with E-state index in [0.717, 1.165) is 39.3 Å². The molecule has 0 fully saturated rings. The van der Waals surface area contributed by atoms with Crippen LogP contribution in [0.5, 0.6) is 0 Å². The van der Waals surface area contributed by atoms with Gasteiger partial charge in [-0.3, -0.25) is 0 Å². The van der Waals surface area contributed by atoms with Crippen molar-refractivity contribution >= 4 is 0 Å². The van der Waals surface area contributed by atoms with Gasteiger partial charge in [-0.15, -0.1) is 0 Å². The van der Waals surface area contributed by atoms with Gasteiger partial charge < -0.3 is 22.1 Å². The first-order valence-electron chi connectivity index (χ1n) is 6.16. The van der Waals surface area contributed by atoms with E-state index >= 15 is 0 Å². The lowest BCUT2D eigenvalue weighted by Crippen LogP contribution is -2.35. The molecule has 0 saturated carbocycles. The fourth-order valence-electron chi connectivity index (χ4n) is 1.59. The number of hydrogen-bond acceptors (Lipinski definition) is 4. The summed E-state index contributed by atoms with van der Waals surface area (Å²) in [5.74, 6) is 0.711. The largest absolute Gasteiger partial charge is 0.329 e. The van der Waals surface area contributed by atoms with Crippen molar-refractivity contribution in [1.29, 1.82) is 0 Å². The molecule has 15 heavy (non-hydrogen) atoms. The summed E-state index contributed by atoms with van der Waals surface area (Å²) >= 11 is 0. The van der Waals surface area contributed by atoms with Gasteiger partial charge in [-0.25, -0.2) is 0 Å². The Morgan fingerprint density at radius 1 is 1.00 bits per heavy atom. The van der Waals surface area contributed by atoms with Crippen LogP contribution in [0.25, 0.3) is 0 Å². The second kappa shape index (κ2) is 11.9. The second-order valence-corrected chi connectivity index (χ2v) is 3.99. The monoisotopic (exact) mass is 216 g/mol. The molecule has 4 heteroatoms. The molecule has 0 amide bonds. The third-order valence-corrected chi connectivity index (χ3v) is 2.47. The number of unbranched alkanes of at least 4 members (excludes halogenated alkanes) is 1. The van der Waals surface area contributed by atoms with Gasteiger partial charge in [-0.2, -0.15) is 0 Å². The maximum atomic E-state index is 5.44. The topological polar surface area (TPSA) is 76.1 Å². The minimum Gasteiger partial charge on any atom is -0.329 e. The lowest BCUT2D eigenvalue weighted by atomic mass is 10.0. The van der Waals surface area contributed by atoms with Crippen molar-refractivity contribution < 1.29 is 0 Å². The number of nitrogens with one attached hydrogen (secondary N) is 2. The van der Waals surface area contributed by atoms with Gasteiger partial charge in [0.1, 0.15) is 0 Å². The van der Waals surface area contributed by atoms with E-state index in [-0.39, 0.29) is 0 Å². The molecule has 0 aliphatic rings. The molecule has 0 aromatic heterocycles. The highest BCUT2D eigenvalue weighted by molar-refractivity contribution is 4.66. The van der Waals surface area contributed by atoms with Crippen LogP contribution in [0.15, 0.2) is 0 Å². The molecule has 0 heterocycles. The second-order valence-electron chi connectivity index (χ2n) is 3.99. The first kappa shape index (κ1) is 14.8. The van der Waals surface area contributed by atoms with Crippen LogP contribution < -0.4 is 22.1 Å². The molecule has 0 aromatic carbocycles. The molecule has 0 rings (SSSR count). The molecule has 4 nitrogen and oxygen atoms in total. The Hall–Kier alpha value is -0.160. The van der Waals surface area contributed by atoms with E-state index in [9.17, 15) is 0 Å². The Kier molecular flexibility index (Phi) is 11.8. The van der Waals surface area contributed by atoms with Gasteiger partial charge in [0, 0.05) is 26.2 Å². The minimum absolute atomic E-state index is 0.711. The van der Waals surface area contributed by atoms with Crippen molar-refractivity contribution in [2.24, 2.45) is 17.4 Å². The van der Waals surface area contributed by atoms with E-state index < -0.39 is 0 Å². The van der Waals surface area contributed by atoms with Crippen molar-refractivity contribution in [2.45, 2.75) is 26.2 Å². The maximum Gasteiger partial charge on any atom is 0.00746 e. The fraction of sp³-hybridized carbons (Fsp3) is 1.00. The first-order valence-corrected chi connectivity index (χ1v) is 6.16. The molecule has 0 aliphatic heterocycles. The van der Waals surface area contributed by atoms with Gasteiger partial charge in [0.2, 0.25) is 0 Å². The maximum absolute atomic E-state index is 5.44. The lowest BCUT2D eigenvalue weighted by molar-refractivity contribution is 0.409. The third-order valence-electron chi connectivity index (χ3n) is 2.47. The average Bonchev–Trinajstić information content (AvgIpc) is 2.25. The molecule has 0 saturated heterocycles. The molecule has 0 aliphatic carbocycles. The van der Waals surface area contributed by atoms with Gasteiger partial charge in [-0.1, -0.05) is 19.8 Å². The van der Waals surface area contributed by atoms with E-state index in [1.54, 1.807) is 0 Å². The number of nitrogens with two attached hydrogens (primary N) is 2. The molecule has 0 bridgehead atoms. The van der Waals surface area contributed by atoms with Crippen LogP contribution in [0.2, 0.25) is 0 Å². The van der Waals surface area contributed by atoms with Crippen LogP contribution in [-0.2, 0) is 0 Å². The van der Waals surface area contributed by atoms with E-state index in [2.05, 4.69) is 17.6 Å². The summed E-state index contributed by atoms with van der Waals surface area (Å²) in [6.07, 6.45) is 3.86. The Morgan fingerprint density at radius 2 is 1.53 bits per heavy atom. The minimum atomic E-state index is 0.711.